The van der Waals surface area contributed by atoms with Crippen molar-refractivity contribution in [2.24, 2.45) is 11.8 Å². The standard InChI is InChI=1S/C21H29NO3/c23-21(10-16-6-8-24-9-7-16)18-11-19-14-25-15-20(12-18)22(19)13-17-4-2-1-3-5-17/h1-5,16,18-20H,6-15H2. The van der Waals surface area contributed by atoms with E-state index in [0.717, 1.165) is 65.1 Å². The summed E-state index contributed by atoms with van der Waals surface area (Å²) in [6, 6.07) is 11.4. The summed E-state index contributed by atoms with van der Waals surface area (Å²) in [6.07, 6.45) is 4.78. The summed E-state index contributed by atoms with van der Waals surface area (Å²) in [5.41, 5.74) is 1.35. The first-order valence-corrected chi connectivity index (χ1v) is 9.77. The van der Waals surface area contributed by atoms with Gasteiger partial charge in [-0.1, -0.05) is 30.3 Å². The summed E-state index contributed by atoms with van der Waals surface area (Å²) in [5, 5.41) is 0. The monoisotopic (exact) mass is 343 g/mol. The van der Waals surface area contributed by atoms with E-state index in [4.69, 9.17) is 9.47 Å². The van der Waals surface area contributed by atoms with Gasteiger partial charge in [-0.15, -0.1) is 0 Å². The van der Waals surface area contributed by atoms with Crippen LogP contribution in [0.4, 0.5) is 0 Å². The van der Waals surface area contributed by atoms with E-state index in [9.17, 15) is 4.79 Å². The van der Waals surface area contributed by atoms with Crippen LogP contribution in [0.15, 0.2) is 30.3 Å². The number of nitrogens with zero attached hydrogens (tertiary/aromatic N) is 1. The number of carbonyl (C=O) groups is 1. The molecule has 2 bridgehead atoms. The Labute approximate surface area is 150 Å². The molecule has 0 aliphatic carbocycles. The molecule has 0 aromatic heterocycles. The van der Waals surface area contributed by atoms with Gasteiger partial charge in [0.05, 0.1) is 13.2 Å². The number of benzene rings is 1. The number of ketones is 1. The number of carbonyl (C=O) groups excluding carboxylic acids is 1. The van der Waals surface area contributed by atoms with Gasteiger partial charge in [0.2, 0.25) is 0 Å². The maximum Gasteiger partial charge on any atom is 0.136 e. The highest BCUT2D eigenvalue weighted by Crippen LogP contribution is 2.35. The predicted molar refractivity (Wildman–Crippen MR) is 96.3 cm³/mol. The van der Waals surface area contributed by atoms with Gasteiger partial charge in [-0.2, -0.15) is 0 Å². The van der Waals surface area contributed by atoms with Gasteiger partial charge in [-0.3, -0.25) is 9.69 Å². The summed E-state index contributed by atoms with van der Waals surface area (Å²) in [7, 11) is 0. The second-order valence-electron chi connectivity index (χ2n) is 7.90. The van der Waals surface area contributed by atoms with Gasteiger partial charge in [-0.25, -0.2) is 0 Å². The van der Waals surface area contributed by atoms with Crippen molar-refractivity contribution in [2.45, 2.75) is 50.7 Å². The van der Waals surface area contributed by atoms with Crippen LogP contribution in [0.2, 0.25) is 0 Å². The maximum atomic E-state index is 12.9. The van der Waals surface area contributed by atoms with Crippen LogP contribution in [0.5, 0.6) is 0 Å². The first-order valence-electron chi connectivity index (χ1n) is 9.77. The van der Waals surface area contributed by atoms with Crippen molar-refractivity contribution in [3.63, 3.8) is 0 Å². The molecule has 1 aromatic carbocycles. The van der Waals surface area contributed by atoms with E-state index in [1.165, 1.54) is 5.56 Å². The lowest BCUT2D eigenvalue weighted by Crippen LogP contribution is -2.57. The molecule has 4 rings (SSSR count). The molecule has 3 saturated heterocycles. The highest BCUT2D eigenvalue weighted by molar-refractivity contribution is 5.81. The van der Waals surface area contributed by atoms with Crippen LogP contribution in [-0.2, 0) is 20.8 Å². The highest BCUT2D eigenvalue weighted by Gasteiger charge is 2.41. The number of piperidine rings is 1. The first kappa shape index (κ1) is 17.2. The van der Waals surface area contributed by atoms with E-state index < -0.39 is 0 Å². The molecule has 2 unspecified atom stereocenters. The van der Waals surface area contributed by atoms with Crippen LogP contribution in [0, 0.1) is 11.8 Å². The first-order chi connectivity index (χ1) is 12.3. The van der Waals surface area contributed by atoms with Crippen molar-refractivity contribution in [1.29, 1.82) is 0 Å². The van der Waals surface area contributed by atoms with Crippen molar-refractivity contribution in [1.82, 2.24) is 4.90 Å². The molecule has 3 heterocycles. The lowest BCUT2D eigenvalue weighted by molar-refractivity contribution is -0.135. The number of ether oxygens (including phenoxy) is 2. The Morgan fingerprint density at radius 1 is 1.00 bits per heavy atom. The van der Waals surface area contributed by atoms with Crippen LogP contribution in [0.1, 0.15) is 37.7 Å². The van der Waals surface area contributed by atoms with Crippen molar-refractivity contribution in [3.8, 4) is 0 Å². The number of morpholine rings is 1. The van der Waals surface area contributed by atoms with Crippen molar-refractivity contribution in [2.75, 3.05) is 26.4 Å². The molecule has 0 radical (unpaired) electrons. The third-order valence-corrected chi connectivity index (χ3v) is 6.17. The summed E-state index contributed by atoms with van der Waals surface area (Å²) >= 11 is 0. The van der Waals surface area contributed by atoms with E-state index in [2.05, 4.69) is 35.2 Å². The fourth-order valence-corrected chi connectivity index (χ4v) is 4.71. The predicted octanol–water partition coefficient (Wildman–Crippen LogP) is 3.05. The Hall–Kier alpha value is -1.23. The van der Waals surface area contributed by atoms with Gasteiger partial charge >= 0.3 is 0 Å². The van der Waals surface area contributed by atoms with Crippen molar-refractivity contribution >= 4 is 5.78 Å². The zero-order chi connectivity index (χ0) is 17.1. The summed E-state index contributed by atoms with van der Waals surface area (Å²) in [5.74, 6) is 1.26. The SMILES string of the molecule is O=C(CC1CCOCC1)C1CC2COCC(C1)N2Cc1ccccc1. The molecule has 3 fully saturated rings. The topological polar surface area (TPSA) is 38.8 Å². The normalized spacial score (nSPS) is 31.0. The number of Topliss-reactive ketones (excluding diaryl/α,β-unsaturated/α-hetero) is 1. The molecule has 0 saturated carbocycles. The maximum absolute atomic E-state index is 12.9. The zero-order valence-electron chi connectivity index (χ0n) is 14.9. The van der Waals surface area contributed by atoms with Crippen molar-refractivity contribution in [3.05, 3.63) is 35.9 Å². The lowest BCUT2D eigenvalue weighted by atomic mass is 9.79. The Kier molecular flexibility index (Phi) is 5.49. The summed E-state index contributed by atoms with van der Waals surface area (Å²) in [4.78, 5) is 15.4. The number of hydrogen-bond donors (Lipinski definition) is 0. The van der Waals surface area contributed by atoms with Crippen molar-refractivity contribution < 1.29 is 14.3 Å². The van der Waals surface area contributed by atoms with Gasteiger partial charge in [-0.05, 0) is 37.2 Å². The highest BCUT2D eigenvalue weighted by atomic mass is 16.5. The van der Waals surface area contributed by atoms with Crippen LogP contribution < -0.4 is 0 Å². The van der Waals surface area contributed by atoms with Gasteiger partial charge in [0.15, 0.2) is 0 Å². The molecule has 4 heteroatoms. The third-order valence-electron chi connectivity index (χ3n) is 6.17. The van der Waals surface area contributed by atoms with E-state index in [-0.39, 0.29) is 5.92 Å². The minimum absolute atomic E-state index is 0.230. The molecule has 0 spiro atoms. The smallest absolute Gasteiger partial charge is 0.136 e. The summed E-state index contributed by atoms with van der Waals surface area (Å²) < 4.78 is 11.2. The average Bonchev–Trinajstić information content (AvgIpc) is 2.63. The van der Waals surface area contributed by atoms with Crippen LogP contribution in [0.3, 0.4) is 0 Å². The largest absolute Gasteiger partial charge is 0.381 e. The second-order valence-corrected chi connectivity index (χ2v) is 7.90. The fraction of sp³-hybridized carbons (Fsp3) is 0.667. The van der Waals surface area contributed by atoms with Crippen LogP contribution in [0.25, 0.3) is 0 Å². The molecule has 25 heavy (non-hydrogen) atoms. The van der Waals surface area contributed by atoms with Crippen LogP contribution >= 0.6 is 0 Å². The molecule has 3 aliphatic rings. The molecule has 136 valence electrons. The van der Waals surface area contributed by atoms with Crippen LogP contribution in [-0.4, -0.2) is 49.2 Å². The Morgan fingerprint density at radius 2 is 1.68 bits per heavy atom. The van der Waals surface area contributed by atoms with Gasteiger partial charge in [0.25, 0.3) is 0 Å². The van der Waals surface area contributed by atoms with Gasteiger partial charge < -0.3 is 9.47 Å². The minimum Gasteiger partial charge on any atom is -0.381 e. The zero-order valence-corrected chi connectivity index (χ0v) is 14.9. The third kappa shape index (κ3) is 4.13. The minimum atomic E-state index is 0.230. The number of fused-ring (bicyclic) bond motifs is 2. The Balaban J connectivity index is 1.37. The van der Waals surface area contributed by atoms with Gasteiger partial charge in [0, 0.05) is 44.2 Å². The van der Waals surface area contributed by atoms with E-state index in [1.54, 1.807) is 0 Å². The molecule has 4 nitrogen and oxygen atoms in total. The molecule has 1 aromatic rings. The molecular weight excluding hydrogens is 314 g/mol. The Morgan fingerprint density at radius 3 is 2.36 bits per heavy atom. The molecule has 0 N–H and O–H groups in total. The number of hydrogen-bond acceptors (Lipinski definition) is 4. The van der Waals surface area contributed by atoms with E-state index >= 15 is 0 Å². The van der Waals surface area contributed by atoms with E-state index in [0.29, 0.717) is 23.8 Å². The Bertz CT molecular complexity index is 556. The van der Waals surface area contributed by atoms with Gasteiger partial charge in [0.1, 0.15) is 5.78 Å². The average molecular weight is 343 g/mol. The molecular formula is C21H29NO3. The van der Waals surface area contributed by atoms with E-state index in [1.807, 2.05) is 0 Å². The lowest BCUT2D eigenvalue weighted by Gasteiger charge is -2.48. The molecule has 0 amide bonds. The molecule has 3 aliphatic heterocycles. The summed E-state index contributed by atoms with van der Waals surface area (Å²) in [6.45, 7) is 4.16. The fourth-order valence-electron chi connectivity index (χ4n) is 4.71. The number of rotatable bonds is 5. The second kappa shape index (κ2) is 7.98. The molecule has 2 atom stereocenters. The quantitative estimate of drug-likeness (QED) is 0.824.